The topological polar surface area (TPSA) is 41.5 Å². The fraction of sp³-hybridized carbons (Fsp3) is 1.00. The summed E-state index contributed by atoms with van der Waals surface area (Å²) in [6, 6.07) is 0.0865. The molecule has 1 saturated heterocycles. The van der Waals surface area contributed by atoms with Crippen molar-refractivity contribution in [2.24, 2.45) is 0 Å². The monoisotopic (exact) mass is 163 g/mol. The maximum Gasteiger partial charge on any atom is 0.182 e. The number of nitrogens with one attached hydrogen (secondary N) is 1. The van der Waals surface area contributed by atoms with E-state index >= 15 is 0 Å². The first-order valence-electron chi connectivity index (χ1n) is 3.91. The first-order valence-corrected chi connectivity index (χ1v) is 4.28. The van der Waals surface area contributed by atoms with Crippen LogP contribution in [0.25, 0.3) is 0 Å². The third kappa shape index (κ3) is 2.20. The van der Waals surface area contributed by atoms with Gasteiger partial charge in [-0.2, -0.15) is 9.12 Å². The van der Waals surface area contributed by atoms with Crippen molar-refractivity contribution in [1.29, 1.82) is 0 Å². The van der Waals surface area contributed by atoms with Crippen LogP contribution in [0.3, 0.4) is 0 Å². The lowest BCUT2D eigenvalue weighted by Gasteiger charge is -2.28. The van der Waals surface area contributed by atoms with Crippen LogP contribution in [0.1, 0.15) is 0 Å². The minimum atomic E-state index is -0.174. The lowest BCUT2D eigenvalue weighted by atomic mass is 9.96. The van der Waals surface area contributed by atoms with Gasteiger partial charge in [0.1, 0.15) is 1.41 Å². The van der Waals surface area contributed by atoms with Crippen LogP contribution >= 0.6 is 9.12 Å². The number of hydrogen-bond acceptors (Lipinski definition) is 3. The second kappa shape index (κ2) is 4.29. The molecule has 3 atom stereocenters. The summed E-state index contributed by atoms with van der Waals surface area (Å²) in [4.78, 5) is 0. The summed E-state index contributed by atoms with van der Waals surface area (Å²) in [6.45, 7) is 1.99. The molecule has 0 amide bonds. The lowest BCUT2D eigenvalue weighted by molar-refractivity contribution is -0.0262. The van der Waals surface area contributed by atoms with Gasteiger partial charge in [0.25, 0.3) is 0 Å². The Morgan fingerprint density at radius 2 is 2.70 bits per heavy atom. The Labute approximate surface area is 65.4 Å². The maximum atomic E-state index is 8.78. The molecule has 0 bridgehead atoms. The number of morpholine rings is 1. The molecule has 0 aromatic heterocycles. The van der Waals surface area contributed by atoms with Crippen LogP contribution in [0.2, 0.25) is 1.41 Å². The fourth-order valence-electron chi connectivity index (χ4n) is 0.952. The SMILES string of the molecule is [3H]N1CC(BP)OC(CO)C1. The summed E-state index contributed by atoms with van der Waals surface area (Å²) in [6.07, 6.45) is -0.174. The first-order chi connectivity index (χ1) is 5.26. The van der Waals surface area contributed by atoms with Gasteiger partial charge in [-0.3, -0.25) is 0 Å². The number of aliphatic hydroxyl groups excluding tert-OH is 1. The standard InChI is InChI=1S/C5H13BNO2P/c8-3-4-1-7-2-5(6-10)9-4/h4-8H,1-3,10H2/i/hT. The van der Waals surface area contributed by atoms with Crippen LogP contribution in [-0.4, -0.2) is 43.9 Å². The summed E-state index contributed by atoms with van der Waals surface area (Å²) < 4.78 is 12.8. The fourth-order valence-corrected chi connectivity index (χ4v) is 1.21. The zero-order chi connectivity index (χ0) is 8.27. The molecule has 10 heavy (non-hydrogen) atoms. The Kier molecular flexibility index (Phi) is 3.03. The molecule has 1 rings (SSSR count). The van der Waals surface area contributed by atoms with E-state index in [2.05, 4.69) is 9.12 Å². The Hall–Kier alpha value is 0.375. The van der Waals surface area contributed by atoms with Gasteiger partial charge < -0.3 is 15.2 Å². The highest BCUT2D eigenvalue weighted by molar-refractivity contribution is 7.56. The average molecular weight is 163 g/mol. The van der Waals surface area contributed by atoms with Crippen molar-refractivity contribution in [2.45, 2.75) is 12.1 Å². The highest BCUT2D eigenvalue weighted by atomic mass is 31.0. The second-order valence-corrected chi connectivity index (χ2v) is 2.86. The van der Waals surface area contributed by atoms with Gasteiger partial charge in [0.05, 0.1) is 12.7 Å². The van der Waals surface area contributed by atoms with E-state index in [1.165, 1.54) is 5.31 Å². The van der Waals surface area contributed by atoms with Gasteiger partial charge >= 0.3 is 0 Å². The third-order valence-electron chi connectivity index (χ3n) is 1.52. The van der Waals surface area contributed by atoms with E-state index < -0.39 is 0 Å². The zero-order valence-corrected chi connectivity index (χ0v) is 7.02. The molecule has 1 aliphatic rings. The Morgan fingerprint density at radius 3 is 3.30 bits per heavy atom. The van der Waals surface area contributed by atoms with Crippen molar-refractivity contribution >= 4 is 16.1 Å². The molecule has 0 aromatic rings. The number of rotatable bonds is 2. The van der Waals surface area contributed by atoms with Crippen molar-refractivity contribution in [1.82, 2.24) is 5.31 Å². The molecule has 0 saturated carbocycles. The smallest absolute Gasteiger partial charge is 0.182 e. The molecule has 0 spiro atoms. The Bertz CT molecular complexity index is 119. The molecular formula is C5H13BNO2P. The van der Waals surface area contributed by atoms with Crippen molar-refractivity contribution in [3.63, 3.8) is 0 Å². The first kappa shape index (κ1) is 7.05. The normalized spacial score (nSPS) is 37.2. The van der Waals surface area contributed by atoms with E-state index in [4.69, 9.17) is 11.3 Å². The minimum Gasteiger partial charge on any atom is -0.394 e. The van der Waals surface area contributed by atoms with E-state index in [1.54, 1.807) is 0 Å². The molecule has 0 radical (unpaired) electrons. The Morgan fingerprint density at radius 1 is 1.90 bits per heavy atom. The maximum absolute atomic E-state index is 8.78. The Balaban J connectivity index is 2.37. The van der Waals surface area contributed by atoms with Crippen LogP contribution in [0, 0.1) is 0 Å². The van der Waals surface area contributed by atoms with Crippen molar-refractivity contribution in [2.75, 3.05) is 19.7 Å². The van der Waals surface area contributed by atoms with Gasteiger partial charge in [-0.25, -0.2) is 0 Å². The number of aliphatic hydroxyl groups is 1. The van der Waals surface area contributed by atoms with Gasteiger partial charge in [0, 0.05) is 19.1 Å². The van der Waals surface area contributed by atoms with Crippen LogP contribution in [0.15, 0.2) is 0 Å². The van der Waals surface area contributed by atoms with Gasteiger partial charge in [0.2, 0.25) is 0 Å². The summed E-state index contributed by atoms with van der Waals surface area (Å²) in [7, 11) is 2.58. The summed E-state index contributed by atoms with van der Waals surface area (Å²) in [5.41, 5.74) is 0. The third-order valence-corrected chi connectivity index (χ3v) is 2.04. The molecule has 0 aromatic carbocycles. The molecule has 3 unspecified atom stereocenters. The molecular weight excluding hydrogens is 148 g/mol. The molecule has 3 nitrogen and oxygen atoms in total. The average Bonchev–Trinajstić information content (AvgIpc) is 2.03. The van der Waals surface area contributed by atoms with E-state index in [1.807, 2.05) is 0 Å². The predicted octanol–water partition coefficient (Wildman–Crippen LogP) is -1.48. The molecule has 1 heterocycles. The van der Waals surface area contributed by atoms with Crippen LogP contribution in [0.5, 0.6) is 0 Å². The van der Waals surface area contributed by atoms with Gasteiger partial charge in [0.15, 0.2) is 7.00 Å². The van der Waals surface area contributed by atoms with Gasteiger partial charge in [-0.05, 0) is 0 Å². The highest BCUT2D eigenvalue weighted by Gasteiger charge is 2.19. The molecule has 1 fully saturated rings. The predicted molar refractivity (Wildman–Crippen MR) is 45.5 cm³/mol. The van der Waals surface area contributed by atoms with E-state index in [-0.39, 0.29) is 18.7 Å². The largest absolute Gasteiger partial charge is 0.394 e. The molecule has 2 N–H and O–H groups in total. The molecule has 58 valence electrons. The molecule has 1 aliphatic heterocycles. The van der Waals surface area contributed by atoms with E-state index in [0.717, 1.165) is 7.00 Å². The minimum absolute atomic E-state index is 0.0105. The van der Waals surface area contributed by atoms with Crippen molar-refractivity contribution in [3.8, 4) is 0 Å². The van der Waals surface area contributed by atoms with Crippen LogP contribution in [0.4, 0.5) is 0 Å². The quantitative estimate of drug-likeness (QED) is 0.385. The second-order valence-electron chi connectivity index (χ2n) is 2.39. The molecule has 0 aliphatic carbocycles. The lowest BCUT2D eigenvalue weighted by Crippen LogP contribution is -2.47. The summed E-state index contributed by atoms with van der Waals surface area (Å²) in [5, 5.41) is 10.2. The van der Waals surface area contributed by atoms with Gasteiger partial charge in [-0.1, -0.05) is 0 Å². The van der Waals surface area contributed by atoms with E-state index in [0.29, 0.717) is 13.1 Å². The summed E-state index contributed by atoms with van der Waals surface area (Å²) >= 11 is 0. The number of hydrogen-bond donors (Lipinski definition) is 2. The molecule has 5 heteroatoms. The van der Waals surface area contributed by atoms with Crippen LogP contribution < -0.4 is 5.31 Å². The van der Waals surface area contributed by atoms with E-state index in [9.17, 15) is 0 Å². The van der Waals surface area contributed by atoms with Crippen LogP contribution in [-0.2, 0) is 4.74 Å². The van der Waals surface area contributed by atoms with Gasteiger partial charge in [-0.15, -0.1) is 0 Å². The summed E-state index contributed by atoms with van der Waals surface area (Å²) in [5.74, 6) is 0. The number of ether oxygens (including phenoxy) is 1. The van der Waals surface area contributed by atoms with Crippen molar-refractivity contribution in [3.05, 3.63) is 0 Å². The van der Waals surface area contributed by atoms with Crippen molar-refractivity contribution < 1.29 is 11.3 Å². The zero-order valence-electron chi connectivity index (χ0n) is 6.86. The highest BCUT2D eigenvalue weighted by Crippen LogP contribution is 2.03.